The first-order chi connectivity index (χ1) is 9.74. The summed E-state index contributed by atoms with van der Waals surface area (Å²) in [6.07, 6.45) is 5.13. The first-order valence-corrected chi connectivity index (χ1v) is 7.22. The summed E-state index contributed by atoms with van der Waals surface area (Å²) in [5.74, 6) is 3.04. The van der Waals surface area contributed by atoms with Gasteiger partial charge in [-0.1, -0.05) is 12.8 Å². The van der Waals surface area contributed by atoms with Crippen LogP contribution in [0.1, 0.15) is 37.3 Å². The van der Waals surface area contributed by atoms with Crippen molar-refractivity contribution in [1.29, 1.82) is 0 Å². The third-order valence-corrected chi connectivity index (χ3v) is 4.25. The molecule has 0 heterocycles. The molecule has 0 bridgehead atoms. The second-order valence-electron chi connectivity index (χ2n) is 5.26. The van der Waals surface area contributed by atoms with E-state index in [0.717, 1.165) is 22.8 Å². The van der Waals surface area contributed by atoms with E-state index in [0.29, 0.717) is 5.92 Å². The fourth-order valence-electron chi connectivity index (χ4n) is 3.25. The molecule has 0 spiro atoms. The molecule has 112 valence electrons. The standard InChI is InChI=1S/C16H25NO3/c1-17-16(11-7-5-6-8-11)15-13(19-3)9-12(18-2)10-14(15)20-4/h9-11,16-17H,5-8H2,1-4H3. The molecule has 0 radical (unpaired) electrons. The summed E-state index contributed by atoms with van der Waals surface area (Å²) in [7, 11) is 7.05. The predicted octanol–water partition coefficient (Wildman–Crippen LogP) is 3.16. The van der Waals surface area contributed by atoms with E-state index >= 15 is 0 Å². The van der Waals surface area contributed by atoms with E-state index in [4.69, 9.17) is 14.2 Å². The van der Waals surface area contributed by atoms with E-state index < -0.39 is 0 Å². The summed E-state index contributed by atoms with van der Waals surface area (Å²) in [6, 6.07) is 4.11. The molecular weight excluding hydrogens is 254 g/mol. The van der Waals surface area contributed by atoms with Gasteiger partial charge in [-0.25, -0.2) is 0 Å². The Morgan fingerprint density at radius 1 is 1.00 bits per heavy atom. The zero-order chi connectivity index (χ0) is 14.5. The maximum atomic E-state index is 5.57. The number of methoxy groups -OCH3 is 3. The zero-order valence-electron chi connectivity index (χ0n) is 12.9. The van der Waals surface area contributed by atoms with Crippen molar-refractivity contribution in [3.63, 3.8) is 0 Å². The molecule has 4 nitrogen and oxygen atoms in total. The van der Waals surface area contributed by atoms with E-state index in [1.54, 1.807) is 21.3 Å². The highest BCUT2D eigenvalue weighted by Gasteiger charge is 2.30. The lowest BCUT2D eigenvalue weighted by Gasteiger charge is -2.27. The molecule has 0 saturated heterocycles. The fourth-order valence-corrected chi connectivity index (χ4v) is 3.25. The van der Waals surface area contributed by atoms with Crippen LogP contribution in [0.15, 0.2) is 12.1 Å². The minimum Gasteiger partial charge on any atom is -0.496 e. The van der Waals surface area contributed by atoms with Gasteiger partial charge in [0.25, 0.3) is 0 Å². The van der Waals surface area contributed by atoms with E-state index in [2.05, 4.69) is 5.32 Å². The van der Waals surface area contributed by atoms with Crippen molar-refractivity contribution in [2.24, 2.45) is 5.92 Å². The van der Waals surface area contributed by atoms with Crippen LogP contribution in [-0.4, -0.2) is 28.4 Å². The Labute approximate surface area is 121 Å². The van der Waals surface area contributed by atoms with E-state index in [1.807, 2.05) is 19.2 Å². The summed E-state index contributed by atoms with van der Waals surface area (Å²) in [4.78, 5) is 0. The Morgan fingerprint density at radius 3 is 1.95 bits per heavy atom. The van der Waals surface area contributed by atoms with Crippen molar-refractivity contribution in [3.05, 3.63) is 17.7 Å². The van der Waals surface area contributed by atoms with Gasteiger partial charge in [0.05, 0.1) is 26.9 Å². The average molecular weight is 279 g/mol. The maximum absolute atomic E-state index is 5.57. The average Bonchev–Trinajstić information content (AvgIpc) is 3.01. The lowest BCUT2D eigenvalue weighted by Crippen LogP contribution is -2.24. The summed E-state index contributed by atoms with van der Waals surface area (Å²) in [5, 5.41) is 3.45. The molecule has 1 fully saturated rings. The number of hydrogen-bond acceptors (Lipinski definition) is 4. The third-order valence-electron chi connectivity index (χ3n) is 4.25. The normalized spacial score (nSPS) is 17.0. The lowest BCUT2D eigenvalue weighted by molar-refractivity contribution is 0.330. The number of hydrogen-bond donors (Lipinski definition) is 1. The van der Waals surface area contributed by atoms with Crippen molar-refractivity contribution < 1.29 is 14.2 Å². The van der Waals surface area contributed by atoms with Gasteiger partial charge in [-0.15, -0.1) is 0 Å². The molecule has 1 aromatic carbocycles. The highest BCUT2D eigenvalue weighted by atomic mass is 16.5. The summed E-state index contributed by atoms with van der Waals surface area (Å²) >= 11 is 0. The molecule has 1 aliphatic rings. The molecule has 1 unspecified atom stereocenters. The molecule has 1 saturated carbocycles. The molecule has 1 aromatic rings. The first-order valence-electron chi connectivity index (χ1n) is 7.22. The molecule has 0 aliphatic heterocycles. The Balaban J connectivity index is 2.45. The Kier molecular flexibility index (Phi) is 5.12. The van der Waals surface area contributed by atoms with E-state index in [-0.39, 0.29) is 6.04 Å². The molecule has 20 heavy (non-hydrogen) atoms. The SMILES string of the molecule is CNC(c1c(OC)cc(OC)cc1OC)C1CCCC1. The van der Waals surface area contributed by atoms with Crippen LogP contribution in [0.5, 0.6) is 17.2 Å². The zero-order valence-corrected chi connectivity index (χ0v) is 12.9. The van der Waals surface area contributed by atoms with Gasteiger partial charge in [-0.3, -0.25) is 0 Å². The van der Waals surface area contributed by atoms with Crippen LogP contribution in [-0.2, 0) is 0 Å². The minimum atomic E-state index is 0.258. The Hall–Kier alpha value is -1.42. The van der Waals surface area contributed by atoms with Crippen molar-refractivity contribution in [1.82, 2.24) is 5.32 Å². The number of ether oxygens (including phenoxy) is 3. The van der Waals surface area contributed by atoms with Crippen LogP contribution in [0, 0.1) is 5.92 Å². The molecule has 0 aromatic heterocycles. The van der Waals surface area contributed by atoms with Gasteiger partial charge in [-0.2, -0.15) is 0 Å². The Bertz CT molecular complexity index is 416. The first kappa shape index (κ1) is 15.0. The van der Waals surface area contributed by atoms with Crippen molar-refractivity contribution in [2.75, 3.05) is 28.4 Å². The van der Waals surface area contributed by atoms with Crippen molar-refractivity contribution >= 4 is 0 Å². The molecule has 0 amide bonds. The van der Waals surface area contributed by atoms with E-state index in [9.17, 15) is 0 Å². The lowest BCUT2D eigenvalue weighted by atomic mass is 9.90. The highest BCUT2D eigenvalue weighted by Crippen LogP contribution is 2.44. The summed E-state index contributed by atoms with van der Waals surface area (Å²) < 4.78 is 16.5. The van der Waals surface area contributed by atoms with Gasteiger partial charge in [0, 0.05) is 18.2 Å². The quantitative estimate of drug-likeness (QED) is 0.868. The van der Waals surface area contributed by atoms with Gasteiger partial charge < -0.3 is 19.5 Å². The molecule has 1 atom stereocenters. The predicted molar refractivity (Wildman–Crippen MR) is 79.9 cm³/mol. The number of rotatable bonds is 6. The van der Waals surface area contributed by atoms with Crippen LogP contribution in [0.4, 0.5) is 0 Å². The fraction of sp³-hybridized carbons (Fsp3) is 0.625. The maximum Gasteiger partial charge on any atom is 0.131 e. The van der Waals surface area contributed by atoms with Crippen LogP contribution in [0.2, 0.25) is 0 Å². The number of benzene rings is 1. The monoisotopic (exact) mass is 279 g/mol. The van der Waals surface area contributed by atoms with Gasteiger partial charge in [0.15, 0.2) is 0 Å². The topological polar surface area (TPSA) is 39.7 Å². The summed E-state index contributed by atoms with van der Waals surface area (Å²) in [5.41, 5.74) is 1.10. The van der Waals surface area contributed by atoms with Crippen molar-refractivity contribution in [2.45, 2.75) is 31.7 Å². The van der Waals surface area contributed by atoms with Crippen LogP contribution in [0.3, 0.4) is 0 Å². The molecule has 1 N–H and O–H groups in total. The van der Waals surface area contributed by atoms with Gasteiger partial charge >= 0.3 is 0 Å². The molecular formula is C16H25NO3. The second-order valence-corrected chi connectivity index (χ2v) is 5.26. The Morgan fingerprint density at radius 2 is 1.55 bits per heavy atom. The largest absolute Gasteiger partial charge is 0.496 e. The summed E-state index contributed by atoms with van der Waals surface area (Å²) in [6.45, 7) is 0. The second kappa shape index (κ2) is 6.84. The van der Waals surface area contributed by atoms with Crippen LogP contribution in [0.25, 0.3) is 0 Å². The van der Waals surface area contributed by atoms with Gasteiger partial charge in [0.2, 0.25) is 0 Å². The van der Waals surface area contributed by atoms with Crippen LogP contribution >= 0.6 is 0 Å². The van der Waals surface area contributed by atoms with Gasteiger partial charge in [-0.05, 0) is 25.8 Å². The minimum absolute atomic E-state index is 0.258. The molecule has 2 rings (SSSR count). The van der Waals surface area contributed by atoms with Gasteiger partial charge in [0.1, 0.15) is 17.2 Å². The molecule has 4 heteroatoms. The number of nitrogens with one attached hydrogen (secondary N) is 1. The highest BCUT2D eigenvalue weighted by molar-refractivity contribution is 5.52. The molecule has 1 aliphatic carbocycles. The van der Waals surface area contributed by atoms with Crippen molar-refractivity contribution in [3.8, 4) is 17.2 Å². The third kappa shape index (κ3) is 2.85. The van der Waals surface area contributed by atoms with Crippen LogP contribution < -0.4 is 19.5 Å². The van der Waals surface area contributed by atoms with E-state index in [1.165, 1.54) is 25.7 Å². The smallest absolute Gasteiger partial charge is 0.131 e.